The molecule has 0 atom stereocenters. The van der Waals surface area contributed by atoms with Gasteiger partial charge in [-0.2, -0.15) is 0 Å². The quantitative estimate of drug-likeness (QED) is 0.332. The fraction of sp³-hybridized carbons (Fsp3) is 0.471. The van der Waals surface area contributed by atoms with E-state index < -0.39 is 0 Å². The van der Waals surface area contributed by atoms with Gasteiger partial charge >= 0.3 is 0 Å². The maximum absolute atomic E-state index is 11.4. The molecule has 24 heavy (non-hydrogen) atoms. The van der Waals surface area contributed by atoms with Crippen LogP contribution in [0.3, 0.4) is 0 Å². The number of imidazole rings is 1. The monoisotopic (exact) mass is 332 g/mol. The first-order chi connectivity index (χ1) is 11.5. The molecule has 0 bridgehead atoms. The summed E-state index contributed by atoms with van der Waals surface area (Å²) < 4.78 is 4.09. The lowest BCUT2D eigenvalue weighted by Gasteiger charge is -2.21. The van der Waals surface area contributed by atoms with Crippen molar-refractivity contribution in [2.24, 2.45) is 7.05 Å². The van der Waals surface area contributed by atoms with Crippen molar-refractivity contribution in [2.75, 3.05) is 29.9 Å². The Labute approximate surface area is 142 Å². The number of hydrogen-bond acceptors (Lipinski definition) is 4. The van der Waals surface area contributed by atoms with Gasteiger partial charge in [-0.1, -0.05) is 0 Å². The van der Waals surface area contributed by atoms with Crippen LogP contribution in [0.1, 0.15) is 20.3 Å². The third-order valence-electron chi connectivity index (χ3n) is 4.04. The number of nitrogens with zero attached hydrogens (tertiary/aromatic N) is 4. The average molecular weight is 332 g/mol. The number of aromatic nitrogens is 2. The van der Waals surface area contributed by atoms with Gasteiger partial charge in [-0.25, -0.2) is 9.13 Å². The Morgan fingerprint density at radius 3 is 2.67 bits per heavy atom. The van der Waals surface area contributed by atoms with Crippen molar-refractivity contribution in [2.45, 2.75) is 26.8 Å². The van der Waals surface area contributed by atoms with Crippen LogP contribution < -0.4 is 14.8 Å². The Bertz CT molecular complexity index is 679. The highest BCUT2D eigenvalue weighted by atomic mass is 16.6. The third kappa shape index (κ3) is 4.47. The smallest absolute Gasteiger partial charge is 0.294 e. The zero-order valence-corrected chi connectivity index (χ0v) is 14.6. The SMILES string of the molecule is CCN(CC)c1ccc(NCCCn2cc[n+](C)c2)c([N+](=O)[O-])c1. The largest absolute Gasteiger partial charge is 0.379 e. The average Bonchev–Trinajstić information content (AvgIpc) is 2.98. The van der Waals surface area contributed by atoms with E-state index in [4.69, 9.17) is 0 Å². The molecular weight excluding hydrogens is 306 g/mol. The van der Waals surface area contributed by atoms with E-state index in [1.165, 1.54) is 0 Å². The molecule has 0 aliphatic heterocycles. The molecule has 2 aromatic rings. The fourth-order valence-electron chi connectivity index (χ4n) is 2.72. The molecule has 1 aromatic heterocycles. The Morgan fingerprint density at radius 1 is 1.33 bits per heavy atom. The van der Waals surface area contributed by atoms with Gasteiger partial charge in [-0.15, -0.1) is 0 Å². The summed E-state index contributed by atoms with van der Waals surface area (Å²) >= 11 is 0. The first kappa shape index (κ1) is 17.8. The summed E-state index contributed by atoms with van der Waals surface area (Å²) in [4.78, 5) is 13.2. The molecule has 0 spiro atoms. The lowest BCUT2D eigenvalue weighted by Crippen LogP contribution is -2.23. The van der Waals surface area contributed by atoms with Crippen LogP contribution in [-0.4, -0.2) is 29.1 Å². The van der Waals surface area contributed by atoms with Crippen LogP contribution in [0.4, 0.5) is 17.1 Å². The number of aryl methyl sites for hydroxylation is 2. The second-order valence-electron chi connectivity index (χ2n) is 5.73. The van der Waals surface area contributed by atoms with Crippen molar-refractivity contribution in [3.8, 4) is 0 Å². The van der Waals surface area contributed by atoms with Crippen LogP contribution in [-0.2, 0) is 13.6 Å². The van der Waals surface area contributed by atoms with Crippen LogP contribution in [0, 0.1) is 10.1 Å². The first-order valence-electron chi connectivity index (χ1n) is 8.33. The van der Waals surface area contributed by atoms with Crippen molar-refractivity contribution >= 4 is 17.1 Å². The Hall–Kier alpha value is -2.57. The molecule has 1 aromatic carbocycles. The minimum atomic E-state index is -0.318. The Morgan fingerprint density at radius 2 is 2.08 bits per heavy atom. The normalized spacial score (nSPS) is 10.6. The van der Waals surface area contributed by atoms with Crippen LogP contribution >= 0.6 is 0 Å². The highest BCUT2D eigenvalue weighted by Crippen LogP contribution is 2.29. The lowest BCUT2D eigenvalue weighted by molar-refractivity contribution is -0.671. The van der Waals surface area contributed by atoms with E-state index in [9.17, 15) is 10.1 Å². The summed E-state index contributed by atoms with van der Waals surface area (Å²) in [5.41, 5.74) is 1.60. The summed E-state index contributed by atoms with van der Waals surface area (Å²) in [6.07, 6.45) is 6.91. The zero-order chi connectivity index (χ0) is 17.5. The minimum absolute atomic E-state index is 0.131. The molecule has 0 amide bonds. The van der Waals surface area contributed by atoms with Crippen LogP contribution in [0.25, 0.3) is 0 Å². The molecule has 1 N–H and O–H groups in total. The van der Waals surface area contributed by atoms with E-state index in [-0.39, 0.29) is 10.6 Å². The number of nitro groups is 1. The van der Waals surface area contributed by atoms with E-state index in [2.05, 4.69) is 14.8 Å². The van der Waals surface area contributed by atoms with Crippen molar-refractivity contribution in [3.05, 3.63) is 47.0 Å². The number of nitro benzene ring substituents is 1. The summed E-state index contributed by atoms with van der Waals surface area (Å²) in [5.74, 6) is 0. The second kappa shape index (κ2) is 8.33. The van der Waals surface area contributed by atoms with Crippen LogP contribution in [0.2, 0.25) is 0 Å². The highest BCUT2D eigenvalue weighted by molar-refractivity contribution is 5.68. The van der Waals surface area contributed by atoms with Crippen molar-refractivity contribution in [1.82, 2.24) is 4.57 Å². The molecular formula is C17H26N5O2+. The van der Waals surface area contributed by atoms with Crippen molar-refractivity contribution in [1.29, 1.82) is 0 Å². The van der Waals surface area contributed by atoms with Gasteiger partial charge in [-0.3, -0.25) is 10.1 Å². The van der Waals surface area contributed by atoms with Gasteiger partial charge < -0.3 is 10.2 Å². The standard InChI is InChI=1S/C17H26N5O2/c1-4-21(5-2)15-7-8-16(17(13-15)22(23)24)18-9-6-10-20-12-11-19(3)14-20/h7-8,11-14,18H,4-6,9-10H2,1-3H3/q+1. The summed E-state index contributed by atoms with van der Waals surface area (Å²) in [6, 6.07) is 5.40. The third-order valence-corrected chi connectivity index (χ3v) is 4.04. The van der Waals surface area contributed by atoms with E-state index in [1.807, 2.05) is 50.2 Å². The zero-order valence-electron chi connectivity index (χ0n) is 14.6. The van der Waals surface area contributed by atoms with Gasteiger partial charge in [0.25, 0.3) is 5.69 Å². The van der Waals surface area contributed by atoms with E-state index in [0.29, 0.717) is 12.2 Å². The Balaban J connectivity index is 1.99. The molecule has 0 unspecified atom stereocenters. The van der Waals surface area contributed by atoms with E-state index in [1.54, 1.807) is 12.1 Å². The maximum atomic E-state index is 11.4. The molecule has 7 nitrogen and oxygen atoms in total. The summed E-state index contributed by atoms with van der Waals surface area (Å²) in [5, 5.41) is 14.6. The Kier molecular flexibility index (Phi) is 6.17. The molecule has 0 aliphatic rings. The van der Waals surface area contributed by atoms with Crippen LogP contribution in [0.5, 0.6) is 0 Å². The number of hydrogen-bond donors (Lipinski definition) is 1. The van der Waals surface area contributed by atoms with Gasteiger partial charge in [0.05, 0.1) is 18.5 Å². The van der Waals surface area contributed by atoms with E-state index >= 15 is 0 Å². The number of rotatable bonds is 9. The van der Waals surface area contributed by atoms with Gasteiger partial charge in [0, 0.05) is 37.8 Å². The van der Waals surface area contributed by atoms with E-state index in [0.717, 1.165) is 31.7 Å². The maximum Gasteiger partial charge on any atom is 0.294 e. The lowest BCUT2D eigenvalue weighted by atomic mass is 10.2. The molecule has 0 aliphatic carbocycles. The van der Waals surface area contributed by atoms with Gasteiger partial charge in [0.2, 0.25) is 6.33 Å². The van der Waals surface area contributed by atoms with Crippen molar-refractivity contribution < 1.29 is 9.49 Å². The van der Waals surface area contributed by atoms with Gasteiger partial charge in [0.1, 0.15) is 18.1 Å². The summed E-state index contributed by atoms with van der Waals surface area (Å²) in [7, 11) is 1.98. The number of benzene rings is 1. The second-order valence-corrected chi connectivity index (χ2v) is 5.73. The molecule has 0 saturated carbocycles. The fourth-order valence-corrected chi connectivity index (χ4v) is 2.72. The molecule has 0 saturated heterocycles. The van der Waals surface area contributed by atoms with Crippen molar-refractivity contribution in [3.63, 3.8) is 0 Å². The number of anilines is 2. The first-order valence-corrected chi connectivity index (χ1v) is 8.33. The predicted octanol–water partition coefficient (Wildman–Crippen LogP) is 2.57. The highest BCUT2D eigenvalue weighted by Gasteiger charge is 2.16. The molecule has 7 heteroatoms. The van der Waals surface area contributed by atoms with Gasteiger partial charge in [-0.05, 0) is 26.0 Å². The predicted molar refractivity (Wildman–Crippen MR) is 95.4 cm³/mol. The molecule has 0 fully saturated rings. The summed E-state index contributed by atoms with van der Waals surface area (Å²) in [6.45, 7) is 7.31. The van der Waals surface area contributed by atoms with Gasteiger partial charge in [0.15, 0.2) is 0 Å². The number of nitrogens with one attached hydrogen (secondary N) is 1. The molecule has 2 rings (SSSR count). The molecule has 1 heterocycles. The molecule has 130 valence electrons. The molecule has 0 radical (unpaired) electrons. The minimum Gasteiger partial charge on any atom is -0.379 e. The van der Waals surface area contributed by atoms with Crippen LogP contribution in [0.15, 0.2) is 36.9 Å². The topological polar surface area (TPSA) is 67.2 Å².